The number of amides is 1. The average Bonchev–Trinajstić information content (AvgIpc) is 2.50. The molecule has 0 saturated carbocycles. The summed E-state index contributed by atoms with van der Waals surface area (Å²) in [4.78, 5) is 12.5. The molecule has 0 unspecified atom stereocenters. The van der Waals surface area contributed by atoms with Gasteiger partial charge < -0.3 is 5.32 Å². The Morgan fingerprint density at radius 1 is 1.08 bits per heavy atom. The van der Waals surface area contributed by atoms with Crippen LogP contribution in [0.1, 0.15) is 15.9 Å². The first-order valence-electron chi connectivity index (χ1n) is 6.92. The predicted octanol–water partition coefficient (Wildman–Crippen LogP) is 3.80. The van der Waals surface area contributed by atoms with E-state index >= 15 is 0 Å². The van der Waals surface area contributed by atoms with Crippen molar-refractivity contribution in [3.8, 4) is 0 Å². The minimum atomic E-state index is -3.65. The van der Waals surface area contributed by atoms with Crippen molar-refractivity contribution < 1.29 is 13.2 Å². The number of sulfonamides is 1. The van der Waals surface area contributed by atoms with E-state index in [4.69, 9.17) is 23.2 Å². The lowest BCUT2D eigenvalue weighted by molar-refractivity contribution is 0.102. The van der Waals surface area contributed by atoms with E-state index in [2.05, 4.69) is 5.32 Å². The van der Waals surface area contributed by atoms with Gasteiger partial charge in [0.2, 0.25) is 10.0 Å². The summed E-state index contributed by atoms with van der Waals surface area (Å²) in [7, 11) is -0.770. The van der Waals surface area contributed by atoms with Gasteiger partial charge in [-0.15, -0.1) is 0 Å². The van der Waals surface area contributed by atoms with Crippen LogP contribution in [0.15, 0.2) is 41.3 Å². The molecule has 0 radical (unpaired) electrons. The molecule has 0 aliphatic heterocycles. The number of aryl methyl sites for hydroxylation is 1. The summed E-state index contributed by atoms with van der Waals surface area (Å²) in [5.74, 6) is -0.477. The van der Waals surface area contributed by atoms with Gasteiger partial charge in [0.25, 0.3) is 5.91 Å². The van der Waals surface area contributed by atoms with Crippen LogP contribution in [0, 0.1) is 6.92 Å². The summed E-state index contributed by atoms with van der Waals surface area (Å²) in [5, 5.41) is 3.39. The Morgan fingerprint density at radius 2 is 1.75 bits per heavy atom. The zero-order valence-corrected chi connectivity index (χ0v) is 15.6. The van der Waals surface area contributed by atoms with Crippen molar-refractivity contribution in [3.63, 3.8) is 0 Å². The normalized spacial score (nSPS) is 11.6. The van der Waals surface area contributed by atoms with Crippen molar-refractivity contribution >= 4 is 44.8 Å². The molecule has 1 amide bonds. The fourth-order valence-electron chi connectivity index (χ4n) is 2.00. The zero-order chi connectivity index (χ0) is 18.1. The smallest absolute Gasteiger partial charge is 0.255 e. The van der Waals surface area contributed by atoms with Crippen LogP contribution in [-0.4, -0.2) is 32.7 Å². The Kier molecular flexibility index (Phi) is 5.55. The molecule has 5 nitrogen and oxygen atoms in total. The maximum Gasteiger partial charge on any atom is 0.255 e. The SMILES string of the molecule is Cc1ccc(C(=O)Nc2cc(Cl)ccc2Cl)cc1S(=O)(=O)N(C)C. The van der Waals surface area contributed by atoms with Crippen LogP contribution in [0.5, 0.6) is 0 Å². The molecule has 0 heterocycles. The van der Waals surface area contributed by atoms with Crippen LogP contribution in [0.4, 0.5) is 5.69 Å². The molecule has 1 N–H and O–H groups in total. The molecule has 128 valence electrons. The van der Waals surface area contributed by atoms with Gasteiger partial charge in [-0.05, 0) is 42.8 Å². The Bertz CT molecular complexity index is 896. The van der Waals surface area contributed by atoms with E-state index in [0.717, 1.165) is 4.31 Å². The molecule has 8 heteroatoms. The molecule has 0 aliphatic carbocycles. The van der Waals surface area contributed by atoms with E-state index in [0.29, 0.717) is 21.3 Å². The highest BCUT2D eigenvalue weighted by Gasteiger charge is 2.21. The molecule has 0 saturated heterocycles. The largest absolute Gasteiger partial charge is 0.321 e. The highest BCUT2D eigenvalue weighted by Crippen LogP contribution is 2.26. The molecule has 2 aromatic carbocycles. The number of carbonyl (C=O) groups is 1. The number of halogens is 2. The van der Waals surface area contributed by atoms with Crippen molar-refractivity contribution in [1.82, 2.24) is 4.31 Å². The highest BCUT2D eigenvalue weighted by molar-refractivity contribution is 7.89. The quantitative estimate of drug-likeness (QED) is 0.868. The number of carbonyl (C=O) groups excluding carboxylic acids is 1. The van der Waals surface area contributed by atoms with Crippen LogP contribution < -0.4 is 5.32 Å². The minimum Gasteiger partial charge on any atom is -0.321 e. The molecule has 0 aromatic heterocycles. The van der Waals surface area contributed by atoms with E-state index in [1.54, 1.807) is 31.2 Å². The third-order valence-electron chi connectivity index (χ3n) is 3.39. The third kappa shape index (κ3) is 3.89. The minimum absolute atomic E-state index is 0.0809. The summed E-state index contributed by atoms with van der Waals surface area (Å²) in [6.45, 7) is 1.67. The summed E-state index contributed by atoms with van der Waals surface area (Å²) in [5.41, 5.74) is 1.12. The van der Waals surface area contributed by atoms with E-state index in [1.165, 1.54) is 26.2 Å². The van der Waals surface area contributed by atoms with Crippen LogP contribution in [0.25, 0.3) is 0 Å². The molecule has 2 aromatic rings. The van der Waals surface area contributed by atoms with E-state index in [-0.39, 0.29) is 10.5 Å². The number of hydrogen-bond donors (Lipinski definition) is 1. The molecular weight excluding hydrogens is 371 g/mol. The first-order chi connectivity index (χ1) is 11.1. The molecule has 2 rings (SSSR count). The van der Waals surface area contributed by atoms with Gasteiger partial charge in [0.15, 0.2) is 0 Å². The second-order valence-electron chi connectivity index (χ2n) is 5.35. The summed E-state index contributed by atoms with van der Waals surface area (Å²) >= 11 is 11.9. The average molecular weight is 387 g/mol. The first-order valence-corrected chi connectivity index (χ1v) is 9.12. The molecular formula is C16H16Cl2N2O3S. The molecule has 0 spiro atoms. The fourth-order valence-corrected chi connectivity index (χ4v) is 3.48. The molecule has 0 bridgehead atoms. The monoisotopic (exact) mass is 386 g/mol. The maximum atomic E-state index is 12.4. The van der Waals surface area contributed by atoms with E-state index < -0.39 is 15.9 Å². The predicted molar refractivity (Wildman–Crippen MR) is 96.5 cm³/mol. The maximum absolute atomic E-state index is 12.4. The number of hydrogen-bond acceptors (Lipinski definition) is 3. The van der Waals surface area contributed by atoms with Crippen molar-refractivity contribution in [3.05, 3.63) is 57.6 Å². The van der Waals surface area contributed by atoms with Gasteiger partial charge >= 0.3 is 0 Å². The number of rotatable bonds is 4. The third-order valence-corrected chi connectivity index (χ3v) is 5.91. The number of nitrogens with one attached hydrogen (secondary N) is 1. The molecule has 24 heavy (non-hydrogen) atoms. The zero-order valence-electron chi connectivity index (χ0n) is 13.3. The number of anilines is 1. The van der Waals surface area contributed by atoms with Gasteiger partial charge in [-0.3, -0.25) is 4.79 Å². The van der Waals surface area contributed by atoms with Crippen molar-refractivity contribution in [2.75, 3.05) is 19.4 Å². The topological polar surface area (TPSA) is 66.5 Å². The van der Waals surface area contributed by atoms with Gasteiger partial charge in [-0.25, -0.2) is 12.7 Å². The lowest BCUT2D eigenvalue weighted by Gasteiger charge is -2.15. The van der Waals surface area contributed by atoms with Crippen molar-refractivity contribution in [1.29, 1.82) is 0 Å². The van der Waals surface area contributed by atoms with Crippen LogP contribution >= 0.6 is 23.2 Å². The van der Waals surface area contributed by atoms with E-state index in [1.807, 2.05) is 0 Å². The Balaban J connectivity index is 2.39. The van der Waals surface area contributed by atoms with Crippen LogP contribution in [-0.2, 0) is 10.0 Å². The van der Waals surface area contributed by atoms with Crippen LogP contribution in [0.2, 0.25) is 10.0 Å². The summed E-state index contributed by atoms with van der Waals surface area (Å²) in [6.07, 6.45) is 0. The van der Waals surface area contributed by atoms with Gasteiger partial charge in [-0.2, -0.15) is 0 Å². The molecule has 0 fully saturated rings. The lowest BCUT2D eigenvalue weighted by Crippen LogP contribution is -2.23. The number of benzene rings is 2. The standard InChI is InChI=1S/C16H16Cl2N2O3S/c1-10-4-5-11(8-15(10)24(22,23)20(2)3)16(21)19-14-9-12(17)6-7-13(14)18/h4-9H,1-3H3,(H,19,21). The Labute approximate surface area is 151 Å². The number of nitrogens with zero attached hydrogens (tertiary/aromatic N) is 1. The fraction of sp³-hybridized carbons (Fsp3) is 0.188. The van der Waals surface area contributed by atoms with Crippen molar-refractivity contribution in [2.24, 2.45) is 0 Å². The molecule has 0 atom stereocenters. The first kappa shape index (κ1) is 18.7. The summed E-state index contributed by atoms with van der Waals surface area (Å²) in [6, 6.07) is 9.18. The lowest BCUT2D eigenvalue weighted by atomic mass is 10.1. The Hall–Kier alpha value is -1.60. The highest BCUT2D eigenvalue weighted by atomic mass is 35.5. The van der Waals surface area contributed by atoms with Gasteiger partial charge in [0.05, 0.1) is 15.6 Å². The van der Waals surface area contributed by atoms with E-state index in [9.17, 15) is 13.2 Å². The molecule has 0 aliphatic rings. The summed E-state index contributed by atoms with van der Waals surface area (Å²) < 4.78 is 25.8. The Morgan fingerprint density at radius 3 is 2.38 bits per heavy atom. The second kappa shape index (κ2) is 7.11. The van der Waals surface area contributed by atoms with Gasteiger partial charge in [-0.1, -0.05) is 29.3 Å². The second-order valence-corrected chi connectivity index (χ2v) is 8.31. The van der Waals surface area contributed by atoms with Gasteiger partial charge in [0.1, 0.15) is 0 Å². The van der Waals surface area contributed by atoms with Gasteiger partial charge in [0, 0.05) is 24.7 Å². The van der Waals surface area contributed by atoms with Crippen LogP contribution in [0.3, 0.4) is 0 Å². The van der Waals surface area contributed by atoms with Crippen molar-refractivity contribution in [2.45, 2.75) is 11.8 Å².